The first-order chi connectivity index (χ1) is 9.32. The van der Waals surface area contributed by atoms with Gasteiger partial charge in [-0.1, -0.05) is 32.1 Å². The monoisotopic (exact) mass is 262 g/mol. The molecular weight excluding hydrogens is 232 g/mol. The van der Waals surface area contributed by atoms with Crippen molar-refractivity contribution < 1.29 is 0 Å². The summed E-state index contributed by atoms with van der Waals surface area (Å²) in [6.07, 6.45) is 16.1. The van der Waals surface area contributed by atoms with Gasteiger partial charge in [-0.25, -0.2) is 0 Å². The fraction of sp³-hybridized carbons (Fsp3) is 1.00. The molecule has 4 unspecified atom stereocenters. The van der Waals surface area contributed by atoms with E-state index < -0.39 is 0 Å². The summed E-state index contributed by atoms with van der Waals surface area (Å²) < 4.78 is 0. The van der Waals surface area contributed by atoms with E-state index in [1.165, 1.54) is 83.7 Å². The van der Waals surface area contributed by atoms with Crippen molar-refractivity contribution in [3.8, 4) is 0 Å². The predicted octanol–water partition coefficient (Wildman–Crippen LogP) is 3.22. The molecule has 0 radical (unpaired) electrons. The number of hydrogen-bond acceptors (Lipinski definition) is 2. The van der Waals surface area contributed by atoms with Gasteiger partial charge in [-0.2, -0.15) is 0 Å². The Kier molecular flexibility index (Phi) is 3.15. The van der Waals surface area contributed by atoms with Crippen molar-refractivity contribution in [1.29, 1.82) is 0 Å². The minimum Gasteiger partial charge on any atom is -0.317 e. The van der Waals surface area contributed by atoms with E-state index in [2.05, 4.69) is 10.6 Å². The largest absolute Gasteiger partial charge is 0.317 e. The maximum absolute atomic E-state index is 4.27. The Bertz CT molecular complexity index is 342. The van der Waals surface area contributed by atoms with Gasteiger partial charge in [0, 0.05) is 11.1 Å². The van der Waals surface area contributed by atoms with Gasteiger partial charge in [0.05, 0.1) is 0 Å². The summed E-state index contributed by atoms with van der Waals surface area (Å²) in [5, 5.41) is 7.97. The highest BCUT2D eigenvalue weighted by atomic mass is 15.1. The molecule has 3 saturated heterocycles. The molecule has 1 saturated carbocycles. The zero-order valence-electron chi connectivity index (χ0n) is 12.3. The van der Waals surface area contributed by atoms with Crippen LogP contribution in [0.3, 0.4) is 0 Å². The average Bonchev–Trinajstić information content (AvgIpc) is 3.05. The van der Waals surface area contributed by atoms with Crippen molar-refractivity contribution in [2.75, 3.05) is 13.1 Å². The molecule has 0 aromatic heterocycles. The molecular formula is C17H30N2. The smallest absolute Gasteiger partial charge is 0.0230 e. The van der Waals surface area contributed by atoms with Crippen LogP contribution in [0.15, 0.2) is 0 Å². The highest BCUT2D eigenvalue weighted by Crippen LogP contribution is 2.56. The third kappa shape index (κ3) is 2.25. The molecule has 4 rings (SSSR count). The molecule has 2 heteroatoms. The second kappa shape index (κ2) is 4.73. The molecule has 0 aromatic carbocycles. The van der Waals surface area contributed by atoms with E-state index in [0.717, 1.165) is 11.8 Å². The Hall–Kier alpha value is -0.0800. The fourth-order valence-corrected chi connectivity index (χ4v) is 5.50. The maximum atomic E-state index is 4.27. The van der Waals surface area contributed by atoms with Gasteiger partial charge in [-0.15, -0.1) is 0 Å². The molecule has 0 amide bonds. The topological polar surface area (TPSA) is 24.1 Å². The first kappa shape index (κ1) is 12.6. The predicted molar refractivity (Wildman–Crippen MR) is 79.2 cm³/mol. The molecule has 3 aliphatic heterocycles. The lowest BCUT2D eigenvalue weighted by atomic mass is 9.85. The Labute approximate surface area is 118 Å². The van der Waals surface area contributed by atoms with E-state index in [4.69, 9.17) is 0 Å². The normalized spacial score (nSPS) is 50.5. The highest BCUT2D eigenvalue weighted by molar-refractivity contribution is 5.15. The van der Waals surface area contributed by atoms with Gasteiger partial charge in [0.2, 0.25) is 0 Å². The van der Waals surface area contributed by atoms with Gasteiger partial charge >= 0.3 is 0 Å². The van der Waals surface area contributed by atoms with Crippen LogP contribution in [0.1, 0.15) is 70.6 Å². The minimum atomic E-state index is 0.505. The third-order valence-electron chi connectivity index (χ3n) is 6.70. The van der Waals surface area contributed by atoms with E-state index in [1.807, 2.05) is 0 Å². The van der Waals surface area contributed by atoms with Crippen molar-refractivity contribution in [3.05, 3.63) is 0 Å². The Morgan fingerprint density at radius 2 is 1.68 bits per heavy atom. The van der Waals surface area contributed by atoms with Crippen LogP contribution in [-0.4, -0.2) is 24.2 Å². The quantitative estimate of drug-likeness (QED) is 0.700. The molecule has 1 aliphatic carbocycles. The number of rotatable bonds is 0. The summed E-state index contributed by atoms with van der Waals surface area (Å²) in [4.78, 5) is 0. The number of hydrogen-bond donors (Lipinski definition) is 2. The van der Waals surface area contributed by atoms with Crippen LogP contribution in [0.5, 0.6) is 0 Å². The average molecular weight is 262 g/mol. The summed E-state index contributed by atoms with van der Waals surface area (Å²) in [5.74, 6) is 2.09. The summed E-state index contributed by atoms with van der Waals surface area (Å²) in [5.41, 5.74) is 1.04. The van der Waals surface area contributed by atoms with Gasteiger partial charge in [0.15, 0.2) is 0 Å². The molecule has 2 bridgehead atoms. The first-order valence-corrected chi connectivity index (χ1v) is 8.82. The second-order valence-electron chi connectivity index (χ2n) is 7.87. The first-order valence-electron chi connectivity index (χ1n) is 8.82. The van der Waals surface area contributed by atoms with E-state index in [-0.39, 0.29) is 0 Å². The highest BCUT2D eigenvalue weighted by Gasteiger charge is 2.57. The van der Waals surface area contributed by atoms with E-state index in [0.29, 0.717) is 11.1 Å². The summed E-state index contributed by atoms with van der Waals surface area (Å²) in [6, 6.07) is 0. The molecule has 2 nitrogen and oxygen atoms in total. The molecule has 108 valence electrons. The molecule has 2 N–H and O–H groups in total. The maximum Gasteiger partial charge on any atom is 0.0230 e. The summed E-state index contributed by atoms with van der Waals surface area (Å²) in [6.45, 7) is 2.48. The van der Waals surface area contributed by atoms with Crippen LogP contribution >= 0.6 is 0 Å². The number of fused-ring (bicyclic) bond motifs is 1. The van der Waals surface area contributed by atoms with Crippen molar-refractivity contribution in [3.63, 3.8) is 0 Å². The second-order valence-corrected chi connectivity index (χ2v) is 7.87. The van der Waals surface area contributed by atoms with Gasteiger partial charge in [-0.3, -0.25) is 0 Å². The van der Waals surface area contributed by atoms with Crippen LogP contribution in [0, 0.1) is 11.8 Å². The van der Waals surface area contributed by atoms with Crippen molar-refractivity contribution in [1.82, 2.24) is 10.6 Å². The van der Waals surface area contributed by atoms with Crippen molar-refractivity contribution >= 4 is 0 Å². The van der Waals surface area contributed by atoms with E-state index in [1.54, 1.807) is 0 Å². The van der Waals surface area contributed by atoms with Crippen LogP contribution in [-0.2, 0) is 0 Å². The number of nitrogens with one attached hydrogen (secondary N) is 2. The SMILES string of the molecule is C1CCCC23CCNCCC(CC2)(N3)C2CC2CC1. The summed E-state index contributed by atoms with van der Waals surface area (Å²) in [7, 11) is 0. The van der Waals surface area contributed by atoms with E-state index in [9.17, 15) is 0 Å². The Balaban J connectivity index is 1.61. The lowest BCUT2D eigenvalue weighted by Gasteiger charge is -2.39. The Morgan fingerprint density at radius 3 is 2.68 bits per heavy atom. The van der Waals surface area contributed by atoms with Crippen LogP contribution in [0.4, 0.5) is 0 Å². The van der Waals surface area contributed by atoms with Crippen LogP contribution < -0.4 is 10.6 Å². The van der Waals surface area contributed by atoms with Gasteiger partial charge < -0.3 is 10.6 Å². The Morgan fingerprint density at radius 1 is 0.789 bits per heavy atom. The fourth-order valence-electron chi connectivity index (χ4n) is 5.50. The molecule has 4 aliphatic rings. The molecule has 4 atom stereocenters. The van der Waals surface area contributed by atoms with Gasteiger partial charge in [0.25, 0.3) is 0 Å². The van der Waals surface area contributed by atoms with Crippen LogP contribution in [0.25, 0.3) is 0 Å². The molecule has 19 heavy (non-hydrogen) atoms. The lowest BCUT2D eigenvalue weighted by molar-refractivity contribution is 0.201. The van der Waals surface area contributed by atoms with Crippen molar-refractivity contribution in [2.45, 2.75) is 81.7 Å². The zero-order chi connectivity index (χ0) is 12.8. The van der Waals surface area contributed by atoms with Gasteiger partial charge in [0.1, 0.15) is 0 Å². The van der Waals surface area contributed by atoms with Crippen LogP contribution in [0.2, 0.25) is 0 Å². The summed E-state index contributed by atoms with van der Waals surface area (Å²) >= 11 is 0. The van der Waals surface area contributed by atoms with Crippen molar-refractivity contribution in [2.24, 2.45) is 11.8 Å². The molecule has 0 spiro atoms. The molecule has 4 fully saturated rings. The molecule has 0 aromatic rings. The standard InChI is InChI=1S/C17H30N2/c1-2-4-6-16-7-8-17(19-16,10-12-18-11-9-16)15-13-14(15)5-3-1/h14-15,18-19H,1-13H2. The minimum absolute atomic E-state index is 0.505. The van der Waals surface area contributed by atoms with E-state index >= 15 is 0 Å². The third-order valence-corrected chi connectivity index (χ3v) is 6.70. The lowest BCUT2D eigenvalue weighted by Crippen LogP contribution is -2.56. The van der Waals surface area contributed by atoms with Gasteiger partial charge in [-0.05, 0) is 63.5 Å². The zero-order valence-corrected chi connectivity index (χ0v) is 12.3. The molecule has 3 heterocycles.